The number of halogens is 3. The SMILES string of the molecule is CCC1=CC(C(F)(F)F)CN=C1NCCNC. The van der Waals surface area contributed by atoms with Gasteiger partial charge < -0.3 is 10.6 Å². The van der Waals surface area contributed by atoms with E-state index in [-0.39, 0.29) is 6.54 Å². The molecule has 0 aliphatic carbocycles. The van der Waals surface area contributed by atoms with E-state index in [1.807, 2.05) is 14.0 Å². The number of nitrogens with zero attached hydrogens (tertiary/aromatic N) is 1. The largest absolute Gasteiger partial charge is 0.396 e. The minimum atomic E-state index is -4.19. The van der Waals surface area contributed by atoms with Crippen LogP contribution in [0.25, 0.3) is 0 Å². The second kappa shape index (κ2) is 6.05. The molecule has 0 saturated carbocycles. The molecule has 0 fully saturated rings. The highest BCUT2D eigenvalue weighted by molar-refractivity contribution is 5.98. The van der Waals surface area contributed by atoms with Crippen molar-refractivity contribution in [3.05, 3.63) is 11.6 Å². The van der Waals surface area contributed by atoms with Crippen molar-refractivity contribution in [2.45, 2.75) is 19.5 Å². The minimum Gasteiger partial charge on any atom is -0.369 e. The number of rotatable bonds is 4. The van der Waals surface area contributed by atoms with Gasteiger partial charge in [-0.05, 0) is 19.0 Å². The van der Waals surface area contributed by atoms with E-state index in [9.17, 15) is 13.2 Å². The molecule has 17 heavy (non-hydrogen) atoms. The first-order chi connectivity index (χ1) is 7.99. The van der Waals surface area contributed by atoms with Crippen molar-refractivity contribution >= 4 is 5.84 Å². The average molecular weight is 249 g/mol. The molecule has 0 amide bonds. The second-order valence-electron chi connectivity index (χ2n) is 3.91. The summed E-state index contributed by atoms with van der Waals surface area (Å²) in [5.41, 5.74) is 0.648. The van der Waals surface area contributed by atoms with Crippen LogP contribution in [0.3, 0.4) is 0 Å². The third-order valence-electron chi connectivity index (χ3n) is 2.62. The predicted molar refractivity (Wildman–Crippen MR) is 62.2 cm³/mol. The molecule has 0 aromatic carbocycles. The zero-order chi connectivity index (χ0) is 12.9. The summed E-state index contributed by atoms with van der Waals surface area (Å²) in [7, 11) is 1.82. The van der Waals surface area contributed by atoms with Crippen molar-refractivity contribution in [3.8, 4) is 0 Å². The number of aliphatic imine (C=N–C) groups is 1. The summed E-state index contributed by atoms with van der Waals surface area (Å²) in [6.45, 7) is 3.02. The van der Waals surface area contributed by atoms with Crippen molar-refractivity contribution < 1.29 is 13.2 Å². The Morgan fingerprint density at radius 2 is 2.12 bits per heavy atom. The summed E-state index contributed by atoms with van der Waals surface area (Å²) in [4.78, 5) is 3.99. The maximum atomic E-state index is 12.5. The van der Waals surface area contributed by atoms with Crippen molar-refractivity contribution in [2.75, 3.05) is 26.7 Å². The lowest BCUT2D eigenvalue weighted by atomic mass is 9.99. The first kappa shape index (κ1) is 14.0. The van der Waals surface area contributed by atoms with Crippen LogP contribution in [0.5, 0.6) is 0 Å². The van der Waals surface area contributed by atoms with Gasteiger partial charge in [-0.15, -0.1) is 0 Å². The normalized spacial score (nSPS) is 20.9. The first-order valence-electron chi connectivity index (χ1n) is 5.69. The number of likely N-dealkylation sites (N-methyl/N-ethyl adjacent to an activating group) is 1. The van der Waals surface area contributed by atoms with Gasteiger partial charge in [-0.25, -0.2) is 0 Å². The fraction of sp³-hybridized carbons (Fsp3) is 0.727. The molecule has 1 unspecified atom stereocenters. The van der Waals surface area contributed by atoms with Crippen molar-refractivity contribution in [2.24, 2.45) is 10.9 Å². The van der Waals surface area contributed by atoms with E-state index >= 15 is 0 Å². The van der Waals surface area contributed by atoms with Gasteiger partial charge in [0, 0.05) is 13.1 Å². The molecule has 0 saturated heterocycles. The Hall–Kier alpha value is -1.04. The topological polar surface area (TPSA) is 36.4 Å². The highest BCUT2D eigenvalue weighted by Gasteiger charge is 2.39. The Balaban J connectivity index is 2.65. The molecule has 98 valence electrons. The van der Waals surface area contributed by atoms with Crippen LogP contribution in [0, 0.1) is 5.92 Å². The quantitative estimate of drug-likeness (QED) is 0.744. The molecular formula is C11H18F3N3. The standard InChI is InChI=1S/C11H18F3N3/c1-3-8-6-9(11(12,13)14)7-17-10(8)16-5-4-15-2/h6,9,15H,3-5,7H2,1-2H3,(H,16,17). The van der Waals surface area contributed by atoms with Crippen LogP contribution in [-0.2, 0) is 0 Å². The van der Waals surface area contributed by atoms with Crippen LogP contribution in [0.2, 0.25) is 0 Å². The molecule has 0 aromatic heterocycles. The maximum absolute atomic E-state index is 12.5. The van der Waals surface area contributed by atoms with Crippen LogP contribution in [-0.4, -0.2) is 38.7 Å². The lowest BCUT2D eigenvalue weighted by molar-refractivity contribution is -0.158. The lowest BCUT2D eigenvalue weighted by Crippen LogP contribution is -2.36. The van der Waals surface area contributed by atoms with Crippen LogP contribution >= 0.6 is 0 Å². The van der Waals surface area contributed by atoms with Gasteiger partial charge in [-0.3, -0.25) is 4.99 Å². The number of nitrogens with one attached hydrogen (secondary N) is 2. The van der Waals surface area contributed by atoms with E-state index in [4.69, 9.17) is 0 Å². The fourth-order valence-corrected chi connectivity index (χ4v) is 1.62. The van der Waals surface area contributed by atoms with Crippen molar-refractivity contribution in [1.82, 2.24) is 10.6 Å². The highest BCUT2D eigenvalue weighted by Crippen LogP contribution is 2.31. The summed E-state index contributed by atoms with van der Waals surface area (Å²) in [5.74, 6) is -0.837. The molecule has 2 N–H and O–H groups in total. The Morgan fingerprint density at radius 1 is 1.41 bits per heavy atom. The van der Waals surface area contributed by atoms with Gasteiger partial charge >= 0.3 is 6.18 Å². The first-order valence-corrected chi connectivity index (χ1v) is 5.69. The second-order valence-corrected chi connectivity index (χ2v) is 3.91. The fourth-order valence-electron chi connectivity index (χ4n) is 1.62. The van der Waals surface area contributed by atoms with Gasteiger partial charge in [-0.2, -0.15) is 13.2 Å². The molecule has 1 aliphatic heterocycles. The third-order valence-corrected chi connectivity index (χ3v) is 2.62. The Morgan fingerprint density at radius 3 is 2.65 bits per heavy atom. The summed E-state index contributed by atoms with van der Waals surface area (Å²) in [5, 5.41) is 6.00. The molecule has 3 nitrogen and oxygen atoms in total. The van der Waals surface area contributed by atoms with Gasteiger partial charge in [0.25, 0.3) is 0 Å². The van der Waals surface area contributed by atoms with E-state index in [1.54, 1.807) is 0 Å². The number of hydrogen-bond donors (Lipinski definition) is 2. The molecule has 0 radical (unpaired) electrons. The molecule has 1 heterocycles. The predicted octanol–water partition coefficient (Wildman–Crippen LogP) is 1.72. The van der Waals surface area contributed by atoms with Crippen molar-refractivity contribution in [1.29, 1.82) is 0 Å². The van der Waals surface area contributed by atoms with E-state index in [1.165, 1.54) is 6.08 Å². The van der Waals surface area contributed by atoms with Crippen LogP contribution < -0.4 is 10.6 Å². The van der Waals surface area contributed by atoms with E-state index in [2.05, 4.69) is 15.6 Å². The summed E-state index contributed by atoms with van der Waals surface area (Å²) >= 11 is 0. The molecule has 1 aliphatic rings. The average Bonchev–Trinajstić information content (AvgIpc) is 2.28. The molecule has 1 atom stereocenters. The van der Waals surface area contributed by atoms with E-state index in [0.29, 0.717) is 24.4 Å². The van der Waals surface area contributed by atoms with Crippen LogP contribution in [0.1, 0.15) is 13.3 Å². The van der Waals surface area contributed by atoms with Gasteiger partial charge in [0.2, 0.25) is 0 Å². The Kier molecular flexibility index (Phi) is 4.99. The zero-order valence-electron chi connectivity index (χ0n) is 10.1. The summed E-state index contributed by atoms with van der Waals surface area (Å²) in [6, 6.07) is 0. The van der Waals surface area contributed by atoms with E-state index < -0.39 is 12.1 Å². The highest BCUT2D eigenvalue weighted by atomic mass is 19.4. The van der Waals surface area contributed by atoms with Crippen molar-refractivity contribution in [3.63, 3.8) is 0 Å². The zero-order valence-corrected chi connectivity index (χ0v) is 10.1. The third kappa shape index (κ3) is 4.03. The Labute approximate surface area is 99.2 Å². The minimum absolute atomic E-state index is 0.213. The van der Waals surface area contributed by atoms with Gasteiger partial charge in [0.15, 0.2) is 0 Å². The number of amidine groups is 1. The monoisotopic (exact) mass is 249 g/mol. The number of dihydropyridines is 1. The molecule has 1 rings (SSSR count). The molecule has 0 bridgehead atoms. The molecule has 6 heteroatoms. The smallest absolute Gasteiger partial charge is 0.369 e. The Bertz CT molecular complexity index is 308. The maximum Gasteiger partial charge on any atom is 0.396 e. The van der Waals surface area contributed by atoms with Gasteiger partial charge in [0.05, 0.1) is 12.5 Å². The number of alkyl halides is 3. The van der Waals surface area contributed by atoms with Crippen LogP contribution in [0.4, 0.5) is 13.2 Å². The lowest BCUT2D eigenvalue weighted by Gasteiger charge is -2.23. The number of hydrogen-bond acceptors (Lipinski definition) is 3. The van der Waals surface area contributed by atoms with Crippen LogP contribution in [0.15, 0.2) is 16.6 Å². The summed E-state index contributed by atoms with van der Waals surface area (Å²) in [6.07, 6.45) is -2.35. The van der Waals surface area contributed by atoms with Gasteiger partial charge in [0.1, 0.15) is 5.84 Å². The molecule has 0 aromatic rings. The molecule has 0 spiro atoms. The van der Waals surface area contributed by atoms with Gasteiger partial charge in [-0.1, -0.05) is 13.0 Å². The van der Waals surface area contributed by atoms with E-state index in [0.717, 1.165) is 6.54 Å². The summed E-state index contributed by atoms with van der Waals surface area (Å²) < 4.78 is 37.6. The molecular weight excluding hydrogens is 231 g/mol.